The van der Waals surface area contributed by atoms with E-state index in [9.17, 15) is 5.11 Å². The fourth-order valence-corrected chi connectivity index (χ4v) is 3.30. The first-order chi connectivity index (χ1) is 10.6. The first-order valence-electron chi connectivity index (χ1n) is 7.52. The summed E-state index contributed by atoms with van der Waals surface area (Å²) in [7, 11) is 0. The highest BCUT2D eigenvalue weighted by Crippen LogP contribution is 2.48. The number of rotatable bonds is 4. The fourth-order valence-electron chi connectivity index (χ4n) is 3.30. The highest BCUT2D eigenvalue weighted by atomic mass is 16.6. The van der Waals surface area contributed by atoms with Gasteiger partial charge in [0, 0.05) is 11.0 Å². The number of hydrogen-bond donors (Lipinski definition) is 1. The molecule has 0 aliphatic heterocycles. The van der Waals surface area contributed by atoms with E-state index < -0.39 is 0 Å². The molecular weight excluding hydrogens is 278 g/mol. The van der Waals surface area contributed by atoms with E-state index in [0.717, 1.165) is 17.0 Å². The van der Waals surface area contributed by atoms with Crippen LogP contribution in [0.25, 0.3) is 0 Å². The van der Waals surface area contributed by atoms with Gasteiger partial charge < -0.3 is 14.5 Å². The molecule has 1 atom stereocenters. The number of oxime groups is 1. The molecule has 0 fully saturated rings. The summed E-state index contributed by atoms with van der Waals surface area (Å²) >= 11 is 0. The Balaban J connectivity index is 2.19. The quantitative estimate of drug-likeness (QED) is 0.883. The molecule has 1 aromatic carbocycles. The van der Waals surface area contributed by atoms with Crippen LogP contribution in [-0.2, 0) is 11.4 Å². The van der Waals surface area contributed by atoms with Crippen molar-refractivity contribution in [3.05, 3.63) is 53.6 Å². The third-order valence-electron chi connectivity index (χ3n) is 4.28. The smallest absolute Gasteiger partial charge is 0.114 e. The summed E-state index contributed by atoms with van der Waals surface area (Å²) in [6.07, 6.45) is 3.48. The summed E-state index contributed by atoms with van der Waals surface area (Å²) in [6, 6.07) is 8.26. The highest BCUT2D eigenvalue weighted by Gasteiger charge is 2.46. The average molecular weight is 299 g/mol. The fraction of sp³-hybridized carbons (Fsp3) is 0.412. The molecule has 0 amide bonds. The van der Waals surface area contributed by atoms with Crippen molar-refractivity contribution in [3.63, 3.8) is 0 Å². The summed E-state index contributed by atoms with van der Waals surface area (Å²) in [5.74, 6) is 0. The monoisotopic (exact) mass is 299 g/mol. The second-order valence-electron chi connectivity index (χ2n) is 6.02. The molecule has 0 saturated carbocycles. The van der Waals surface area contributed by atoms with Crippen LogP contribution in [-0.4, -0.2) is 27.0 Å². The van der Waals surface area contributed by atoms with E-state index in [1.54, 1.807) is 12.5 Å². The Labute approximate surface area is 130 Å². The average Bonchev–Trinajstić information content (AvgIpc) is 3.04. The van der Waals surface area contributed by atoms with Crippen LogP contribution in [0.15, 0.2) is 41.9 Å². The lowest BCUT2D eigenvalue weighted by Crippen LogP contribution is -2.30. The van der Waals surface area contributed by atoms with Crippen molar-refractivity contribution in [2.45, 2.75) is 33.4 Å². The van der Waals surface area contributed by atoms with Crippen LogP contribution in [0.5, 0.6) is 0 Å². The van der Waals surface area contributed by atoms with Gasteiger partial charge in [0.05, 0.1) is 36.6 Å². The Kier molecular flexibility index (Phi) is 3.74. The van der Waals surface area contributed by atoms with Gasteiger partial charge in [0.25, 0.3) is 0 Å². The lowest BCUT2D eigenvalue weighted by atomic mass is 9.83. The molecule has 1 aliphatic carbocycles. The van der Waals surface area contributed by atoms with Crippen LogP contribution in [0.1, 0.15) is 43.6 Å². The molecule has 116 valence electrons. The Hall–Kier alpha value is -2.14. The standard InChI is InChI=1S/C17H21N3O2/c1-4-22-19-15-13-7-5-6-8-14(13)16(17(15,2)3)20-11-18-9-12(20)10-21/h5-9,11,16,21H,4,10H2,1-3H3/b19-15+. The SMILES string of the molecule is CCO/N=C1\c2ccccc2C(n2cncc2CO)C1(C)C. The predicted octanol–water partition coefficient (Wildman–Crippen LogP) is 2.75. The summed E-state index contributed by atoms with van der Waals surface area (Å²) < 4.78 is 2.04. The van der Waals surface area contributed by atoms with Crippen LogP contribution >= 0.6 is 0 Å². The number of aromatic nitrogens is 2. The number of imidazole rings is 1. The molecule has 0 bridgehead atoms. The minimum Gasteiger partial charge on any atom is -0.396 e. The highest BCUT2D eigenvalue weighted by molar-refractivity contribution is 6.09. The molecule has 1 unspecified atom stereocenters. The van der Waals surface area contributed by atoms with Gasteiger partial charge in [-0.2, -0.15) is 0 Å². The normalized spacial score (nSPS) is 21.1. The van der Waals surface area contributed by atoms with Gasteiger partial charge in [0.2, 0.25) is 0 Å². The van der Waals surface area contributed by atoms with Gasteiger partial charge in [0.1, 0.15) is 6.61 Å². The molecule has 2 aromatic rings. The van der Waals surface area contributed by atoms with Gasteiger partial charge in [-0.25, -0.2) is 4.98 Å². The molecule has 3 rings (SSSR count). The van der Waals surface area contributed by atoms with Crippen molar-refractivity contribution in [3.8, 4) is 0 Å². The van der Waals surface area contributed by atoms with Crippen LogP contribution in [0.2, 0.25) is 0 Å². The summed E-state index contributed by atoms with van der Waals surface area (Å²) in [6.45, 7) is 6.73. The lowest BCUT2D eigenvalue weighted by Gasteiger charge is -2.30. The van der Waals surface area contributed by atoms with E-state index in [-0.39, 0.29) is 18.1 Å². The first kappa shape index (κ1) is 14.8. The molecule has 1 N–H and O–H groups in total. The van der Waals surface area contributed by atoms with Crippen LogP contribution < -0.4 is 0 Å². The van der Waals surface area contributed by atoms with E-state index >= 15 is 0 Å². The zero-order valence-corrected chi connectivity index (χ0v) is 13.2. The molecule has 1 aliphatic rings. The van der Waals surface area contributed by atoms with Crippen LogP contribution in [0.3, 0.4) is 0 Å². The molecule has 1 aromatic heterocycles. The lowest BCUT2D eigenvalue weighted by molar-refractivity contribution is 0.154. The van der Waals surface area contributed by atoms with Crippen molar-refractivity contribution < 1.29 is 9.94 Å². The van der Waals surface area contributed by atoms with E-state index in [1.807, 2.05) is 23.6 Å². The van der Waals surface area contributed by atoms with Crippen molar-refractivity contribution in [1.29, 1.82) is 0 Å². The van der Waals surface area contributed by atoms with E-state index in [0.29, 0.717) is 6.61 Å². The molecule has 0 saturated heterocycles. The Bertz CT molecular complexity index is 703. The van der Waals surface area contributed by atoms with Crippen LogP contribution in [0.4, 0.5) is 0 Å². The van der Waals surface area contributed by atoms with E-state index in [1.165, 1.54) is 5.56 Å². The maximum atomic E-state index is 9.58. The number of fused-ring (bicyclic) bond motifs is 1. The van der Waals surface area contributed by atoms with Gasteiger partial charge in [-0.05, 0) is 12.5 Å². The number of benzene rings is 1. The molecule has 0 radical (unpaired) electrons. The Morgan fingerprint density at radius 3 is 2.86 bits per heavy atom. The largest absolute Gasteiger partial charge is 0.396 e. The number of aliphatic hydroxyl groups excluding tert-OH is 1. The van der Waals surface area contributed by atoms with Crippen molar-refractivity contribution in [1.82, 2.24) is 9.55 Å². The van der Waals surface area contributed by atoms with E-state index in [4.69, 9.17) is 4.84 Å². The molecule has 5 heteroatoms. The molecule has 0 spiro atoms. The number of aliphatic hydroxyl groups is 1. The zero-order valence-electron chi connectivity index (χ0n) is 13.2. The maximum absolute atomic E-state index is 9.58. The van der Waals surface area contributed by atoms with Gasteiger partial charge >= 0.3 is 0 Å². The van der Waals surface area contributed by atoms with Gasteiger partial charge in [0.15, 0.2) is 0 Å². The van der Waals surface area contributed by atoms with Crippen molar-refractivity contribution >= 4 is 5.71 Å². The third-order valence-corrected chi connectivity index (χ3v) is 4.28. The van der Waals surface area contributed by atoms with Crippen molar-refractivity contribution in [2.24, 2.45) is 10.6 Å². The Morgan fingerprint density at radius 2 is 2.14 bits per heavy atom. The molecular formula is C17H21N3O2. The summed E-state index contributed by atoms with van der Waals surface area (Å²) in [5.41, 5.74) is 3.75. The van der Waals surface area contributed by atoms with Gasteiger partial charge in [-0.3, -0.25) is 0 Å². The van der Waals surface area contributed by atoms with Crippen molar-refractivity contribution in [2.75, 3.05) is 6.61 Å². The molecule has 5 nitrogen and oxygen atoms in total. The Morgan fingerprint density at radius 1 is 1.36 bits per heavy atom. The second-order valence-corrected chi connectivity index (χ2v) is 6.02. The van der Waals surface area contributed by atoms with E-state index in [2.05, 4.69) is 36.1 Å². The molecule has 1 heterocycles. The van der Waals surface area contributed by atoms with Crippen LogP contribution in [0, 0.1) is 5.41 Å². The zero-order chi connectivity index (χ0) is 15.7. The summed E-state index contributed by atoms with van der Waals surface area (Å²) in [5, 5.41) is 13.9. The minimum atomic E-state index is -0.260. The number of nitrogens with zero attached hydrogens (tertiary/aromatic N) is 3. The maximum Gasteiger partial charge on any atom is 0.114 e. The number of hydrogen-bond acceptors (Lipinski definition) is 4. The topological polar surface area (TPSA) is 59.6 Å². The second kappa shape index (κ2) is 5.57. The molecule has 22 heavy (non-hydrogen) atoms. The van der Waals surface area contributed by atoms with Gasteiger partial charge in [-0.1, -0.05) is 43.3 Å². The third kappa shape index (κ3) is 2.13. The predicted molar refractivity (Wildman–Crippen MR) is 84.7 cm³/mol. The van der Waals surface area contributed by atoms with Gasteiger partial charge in [-0.15, -0.1) is 0 Å². The first-order valence-corrected chi connectivity index (χ1v) is 7.52. The summed E-state index contributed by atoms with van der Waals surface area (Å²) in [4.78, 5) is 9.54. The minimum absolute atomic E-state index is 0.0348.